The third-order valence-electron chi connectivity index (χ3n) is 5.04. The molecule has 0 radical (unpaired) electrons. The van der Waals surface area contributed by atoms with Gasteiger partial charge in [0, 0.05) is 17.0 Å². The minimum Gasteiger partial charge on any atom is -0.465 e. The number of ether oxygens (including phenoxy) is 1. The highest BCUT2D eigenvalue weighted by Gasteiger charge is 2.43. The van der Waals surface area contributed by atoms with Gasteiger partial charge in [0.2, 0.25) is 0 Å². The van der Waals surface area contributed by atoms with Crippen LogP contribution >= 0.6 is 11.6 Å². The van der Waals surface area contributed by atoms with Crippen molar-refractivity contribution in [2.75, 3.05) is 7.11 Å². The number of guanidine groups is 1. The van der Waals surface area contributed by atoms with E-state index in [-0.39, 0.29) is 37.0 Å². The van der Waals surface area contributed by atoms with E-state index >= 15 is 0 Å². The second-order valence-electron chi connectivity index (χ2n) is 7.26. The Morgan fingerprint density at radius 2 is 1.83 bits per heavy atom. The number of ketones is 1. The summed E-state index contributed by atoms with van der Waals surface area (Å²) in [6, 6.07) is 13.4. The highest BCUT2D eigenvalue weighted by atomic mass is 35.5. The topological polar surface area (TPSA) is 102 Å². The molecular weight excluding hydrogens is 406 g/mol. The van der Waals surface area contributed by atoms with Crippen molar-refractivity contribution in [2.24, 2.45) is 10.7 Å². The molecule has 8 heteroatoms. The maximum atomic E-state index is 13.0. The van der Waals surface area contributed by atoms with Gasteiger partial charge in [-0.15, -0.1) is 0 Å². The molecule has 0 spiro atoms. The molecule has 1 atom stereocenters. The highest BCUT2D eigenvalue weighted by Crippen LogP contribution is 2.28. The lowest BCUT2D eigenvalue weighted by atomic mass is 9.92. The number of benzene rings is 2. The molecule has 0 aliphatic carbocycles. The van der Waals surface area contributed by atoms with Crippen molar-refractivity contribution in [2.45, 2.75) is 31.8 Å². The number of Topliss-reactive ketones (excluding diaryl/α,β-unsaturated/α-hetero) is 1. The summed E-state index contributed by atoms with van der Waals surface area (Å²) < 4.78 is 4.65. The average Bonchev–Trinajstić information content (AvgIpc) is 2.95. The van der Waals surface area contributed by atoms with Gasteiger partial charge in [0.25, 0.3) is 5.91 Å². The maximum Gasteiger partial charge on any atom is 0.337 e. The molecule has 1 amide bonds. The molecule has 0 saturated heterocycles. The van der Waals surface area contributed by atoms with Crippen LogP contribution in [0.15, 0.2) is 53.5 Å². The lowest BCUT2D eigenvalue weighted by molar-refractivity contribution is -0.131. The molecule has 30 heavy (non-hydrogen) atoms. The SMILES string of the molecule is COC(=O)c1ccc(C(=O)CCC2(C)N=C(N)N(Cc3cccc(Cl)c3)C2=O)cc1. The number of nitrogens with two attached hydrogens (primary N) is 1. The molecule has 1 heterocycles. The molecule has 156 valence electrons. The Kier molecular flexibility index (Phi) is 6.22. The molecule has 1 aliphatic heterocycles. The molecule has 0 saturated carbocycles. The fourth-order valence-corrected chi connectivity index (χ4v) is 3.51. The summed E-state index contributed by atoms with van der Waals surface area (Å²) in [4.78, 5) is 42.8. The Labute approximate surface area is 179 Å². The van der Waals surface area contributed by atoms with Crippen LogP contribution in [0.4, 0.5) is 0 Å². The van der Waals surface area contributed by atoms with Gasteiger partial charge in [-0.25, -0.2) is 9.79 Å². The van der Waals surface area contributed by atoms with E-state index in [0.717, 1.165) is 5.56 Å². The van der Waals surface area contributed by atoms with Crippen molar-refractivity contribution < 1.29 is 19.1 Å². The summed E-state index contributed by atoms with van der Waals surface area (Å²) >= 11 is 6.01. The predicted octanol–water partition coefficient (Wildman–Crippen LogP) is 3.21. The number of hydrogen-bond donors (Lipinski definition) is 1. The predicted molar refractivity (Wildman–Crippen MR) is 113 cm³/mol. The first-order valence-electron chi connectivity index (χ1n) is 9.37. The summed E-state index contributed by atoms with van der Waals surface area (Å²) in [7, 11) is 1.29. The van der Waals surface area contributed by atoms with Gasteiger partial charge < -0.3 is 10.5 Å². The van der Waals surface area contributed by atoms with Crippen LogP contribution in [0.2, 0.25) is 5.02 Å². The highest BCUT2D eigenvalue weighted by molar-refractivity contribution is 6.30. The van der Waals surface area contributed by atoms with Crippen molar-refractivity contribution in [1.29, 1.82) is 0 Å². The Bertz CT molecular complexity index is 1020. The number of hydrogen-bond acceptors (Lipinski definition) is 6. The standard InChI is InChI=1S/C22H22ClN3O4/c1-22(11-10-18(27)15-6-8-16(9-7-15)19(28)30-2)20(29)26(21(24)25-22)13-14-4-3-5-17(23)12-14/h3-9,12H,10-11,13H2,1-2H3,(H2,24,25). The van der Waals surface area contributed by atoms with Gasteiger partial charge in [0.1, 0.15) is 5.54 Å². The van der Waals surface area contributed by atoms with Crippen molar-refractivity contribution in [3.8, 4) is 0 Å². The zero-order valence-electron chi connectivity index (χ0n) is 16.7. The molecule has 1 aliphatic rings. The third kappa shape index (κ3) is 4.52. The lowest BCUT2D eigenvalue weighted by Gasteiger charge is -2.22. The molecule has 1 unspecified atom stereocenters. The Morgan fingerprint density at radius 1 is 1.17 bits per heavy atom. The van der Waals surface area contributed by atoms with Crippen molar-refractivity contribution in [3.05, 3.63) is 70.2 Å². The second-order valence-corrected chi connectivity index (χ2v) is 7.69. The van der Waals surface area contributed by atoms with Crippen LogP contribution in [-0.2, 0) is 16.1 Å². The van der Waals surface area contributed by atoms with Crippen molar-refractivity contribution >= 4 is 35.2 Å². The minimum atomic E-state index is -1.11. The Morgan fingerprint density at radius 3 is 2.47 bits per heavy atom. The van der Waals surface area contributed by atoms with Gasteiger partial charge in [0.05, 0.1) is 19.2 Å². The number of carbonyl (C=O) groups excluding carboxylic acids is 3. The van der Waals surface area contributed by atoms with Gasteiger partial charge in [-0.2, -0.15) is 0 Å². The van der Waals surface area contributed by atoms with E-state index < -0.39 is 11.5 Å². The van der Waals surface area contributed by atoms with E-state index in [1.165, 1.54) is 24.1 Å². The number of carbonyl (C=O) groups is 3. The van der Waals surface area contributed by atoms with E-state index in [9.17, 15) is 14.4 Å². The molecule has 0 fully saturated rings. The Hall–Kier alpha value is -3.19. The normalized spacial score (nSPS) is 18.3. The van der Waals surface area contributed by atoms with Crippen molar-refractivity contribution in [3.63, 3.8) is 0 Å². The summed E-state index contributed by atoms with van der Waals surface area (Å²) in [5, 5.41) is 0.571. The first kappa shape index (κ1) is 21.5. The Balaban J connectivity index is 1.65. The summed E-state index contributed by atoms with van der Waals surface area (Å²) in [5.41, 5.74) is 6.54. The first-order chi connectivity index (χ1) is 14.2. The first-order valence-corrected chi connectivity index (χ1v) is 9.74. The minimum absolute atomic E-state index is 0.113. The number of methoxy groups -OCH3 is 1. The van der Waals surface area contributed by atoms with Gasteiger partial charge in [-0.1, -0.05) is 35.9 Å². The second kappa shape index (κ2) is 8.67. The van der Waals surface area contributed by atoms with Crippen LogP contribution in [0.25, 0.3) is 0 Å². The van der Waals surface area contributed by atoms with Crippen LogP contribution in [0.5, 0.6) is 0 Å². The van der Waals surface area contributed by atoms with Crippen LogP contribution in [0.3, 0.4) is 0 Å². The third-order valence-corrected chi connectivity index (χ3v) is 5.28. The zero-order chi connectivity index (χ0) is 21.9. The fourth-order valence-electron chi connectivity index (χ4n) is 3.30. The molecule has 2 aromatic carbocycles. The lowest BCUT2D eigenvalue weighted by Crippen LogP contribution is -2.42. The molecule has 3 rings (SSSR count). The van der Waals surface area contributed by atoms with E-state index in [1.807, 2.05) is 6.07 Å². The molecule has 0 bridgehead atoms. The largest absolute Gasteiger partial charge is 0.465 e. The number of nitrogens with zero attached hydrogens (tertiary/aromatic N) is 2. The smallest absolute Gasteiger partial charge is 0.337 e. The summed E-state index contributed by atoms with van der Waals surface area (Å²) in [5.74, 6) is -0.753. The number of rotatable bonds is 7. The van der Waals surface area contributed by atoms with Crippen LogP contribution in [-0.4, -0.2) is 41.2 Å². The summed E-state index contributed by atoms with van der Waals surface area (Å²) in [6.07, 6.45) is 0.331. The summed E-state index contributed by atoms with van der Waals surface area (Å²) in [6.45, 7) is 1.93. The van der Waals surface area contributed by atoms with Gasteiger partial charge in [0.15, 0.2) is 11.7 Å². The van der Waals surface area contributed by atoms with E-state index in [0.29, 0.717) is 16.1 Å². The van der Waals surface area contributed by atoms with Gasteiger partial charge in [-0.3, -0.25) is 14.5 Å². The molecule has 0 aromatic heterocycles. The van der Waals surface area contributed by atoms with Gasteiger partial charge >= 0.3 is 5.97 Å². The monoisotopic (exact) mass is 427 g/mol. The molecule has 7 nitrogen and oxygen atoms in total. The maximum absolute atomic E-state index is 13.0. The number of aliphatic imine (C=N–C) groups is 1. The van der Waals surface area contributed by atoms with E-state index in [1.54, 1.807) is 37.3 Å². The average molecular weight is 428 g/mol. The van der Waals surface area contributed by atoms with Gasteiger partial charge in [-0.05, 0) is 43.2 Å². The molecular formula is C22H22ClN3O4. The van der Waals surface area contributed by atoms with E-state index in [2.05, 4.69) is 9.73 Å². The molecule has 2 N–H and O–H groups in total. The van der Waals surface area contributed by atoms with Crippen molar-refractivity contribution in [1.82, 2.24) is 4.90 Å². The van der Waals surface area contributed by atoms with E-state index in [4.69, 9.17) is 17.3 Å². The number of esters is 1. The van der Waals surface area contributed by atoms with Crippen LogP contribution in [0.1, 0.15) is 46.0 Å². The quantitative estimate of drug-likeness (QED) is 0.540. The number of halogens is 1. The van der Waals surface area contributed by atoms with Crippen LogP contribution in [0, 0.1) is 0 Å². The zero-order valence-corrected chi connectivity index (χ0v) is 17.5. The number of amides is 1. The fraction of sp³-hybridized carbons (Fsp3) is 0.273. The molecule has 2 aromatic rings. The van der Waals surface area contributed by atoms with Crippen LogP contribution < -0.4 is 5.73 Å².